The highest BCUT2D eigenvalue weighted by atomic mass is 14.9. The summed E-state index contributed by atoms with van der Waals surface area (Å²) < 4.78 is 0. The number of benzene rings is 1. The number of aromatic amines is 1. The lowest BCUT2D eigenvalue weighted by Crippen LogP contribution is -1.92. The maximum Gasteiger partial charge on any atom is 0.124 e. The Kier molecular flexibility index (Phi) is 1.72. The molecular formula is C13H13N3. The molecule has 0 aliphatic carbocycles. The molecule has 0 radical (unpaired) electrons. The topological polar surface area (TPSA) is 54.7 Å². The van der Waals surface area contributed by atoms with E-state index in [1.807, 2.05) is 13.0 Å². The van der Waals surface area contributed by atoms with Crippen LogP contribution in [0.3, 0.4) is 0 Å². The quantitative estimate of drug-likeness (QED) is 0.600. The molecular weight excluding hydrogens is 198 g/mol. The average Bonchev–Trinajstić information content (AvgIpc) is 2.58. The van der Waals surface area contributed by atoms with Crippen LogP contribution in [0, 0.1) is 13.8 Å². The number of nitrogen functional groups attached to an aromatic ring is 1. The number of fused-ring (bicyclic) bond motifs is 3. The highest BCUT2D eigenvalue weighted by Gasteiger charge is 2.09. The SMILES string of the molecule is Cc1nc(N)cc2c1[nH]c1cccc(C)c12. The first kappa shape index (κ1) is 9.21. The van der Waals surface area contributed by atoms with E-state index in [0.717, 1.165) is 22.1 Å². The minimum Gasteiger partial charge on any atom is -0.384 e. The van der Waals surface area contributed by atoms with Gasteiger partial charge in [-0.3, -0.25) is 0 Å². The molecule has 0 fully saturated rings. The summed E-state index contributed by atoms with van der Waals surface area (Å²) in [7, 11) is 0. The molecule has 0 saturated heterocycles. The second kappa shape index (κ2) is 2.98. The van der Waals surface area contributed by atoms with Crippen LogP contribution in [0.1, 0.15) is 11.3 Å². The van der Waals surface area contributed by atoms with Gasteiger partial charge in [0, 0.05) is 16.3 Å². The molecule has 1 aromatic carbocycles. The summed E-state index contributed by atoms with van der Waals surface area (Å²) in [5.41, 5.74) is 10.2. The van der Waals surface area contributed by atoms with Crippen molar-refractivity contribution in [2.45, 2.75) is 13.8 Å². The van der Waals surface area contributed by atoms with Crippen molar-refractivity contribution in [3.8, 4) is 0 Å². The minimum atomic E-state index is 0.578. The number of hydrogen-bond donors (Lipinski definition) is 2. The number of aryl methyl sites for hydroxylation is 2. The van der Waals surface area contributed by atoms with Crippen molar-refractivity contribution in [3.05, 3.63) is 35.5 Å². The Bertz CT molecular complexity index is 695. The van der Waals surface area contributed by atoms with Crippen molar-refractivity contribution in [2.75, 3.05) is 5.73 Å². The average molecular weight is 211 g/mol. The molecule has 0 aliphatic rings. The van der Waals surface area contributed by atoms with Gasteiger partial charge in [0.2, 0.25) is 0 Å². The lowest BCUT2D eigenvalue weighted by Gasteiger charge is -1.99. The summed E-state index contributed by atoms with van der Waals surface area (Å²) in [4.78, 5) is 7.67. The molecule has 0 amide bonds. The summed E-state index contributed by atoms with van der Waals surface area (Å²) >= 11 is 0. The van der Waals surface area contributed by atoms with E-state index >= 15 is 0 Å². The fraction of sp³-hybridized carbons (Fsp3) is 0.154. The number of nitrogens with one attached hydrogen (secondary N) is 1. The van der Waals surface area contributed by atoms with E-state index in [0.29, 0.717) is 5.82 Å². The largest absolute Gasteiger partial charge is 0.384 e. The Morgan fingerprint density at radius 3 is 2.88 bits per heavy atom. The van der Waals surface area contributed by atoms with Crippen LogP contribution in [-0.4, -0.2) is 9.97 Å². The zero-order valence-corrected chi connectivity index (χ0v) is 9.33. The van der Waals surface area contributed by atoms with Crippen LogP contribution in [-0.2, 0) is 0 Å². The van der Waals surface area contributed by atoms with Gasteiger partial charge in [-0.25, -0.2) is 4.98 Å². The highest BCUT2D eigenvalue weighted by molar-refractivity contribution is 6.10. The second-order valence-corrected chi connectivity index (χ2v) is 4.18. The van der Waals surface area contributed by atoms with Gasteiger partial charge < -0.3 is 10.7 Å². The lowest BCUT2D eigenvalue weighted by atomic mass is 10.1. The molecule has 3 heteroatoms. The van der Waals surface area contributed by atoms with Crippen molar-refractivity contribution in [3.63, 3.8) is 0 Å². The van der Waals surface area contributed by atoms with Gasteiger partial charge >= 0.3 is 0 Å². The number of hydrogen-bond acceptors (Lipinski definition) is 2. The Morgan fingerprint density at radius 2 is 2.06 bits per heavy atom. The summed E-state index contributed by atoms with van der Waals surface area (Å²) in [6.07, 6.45) is 0. The number of pyridine rings is 1. The zero-order chi connectivity index (χ0) is 11.3. The van der Waals surface area contributed by atoms with Gasteiger partial charge in [-0.05, 0) is 31.5 Å². The second-order valence-electron chi connectivity index (χ2n) is 4.18. The maximum absolute atomic E-state index is 5.80. The van der Waals surface area contributed by atoms with Crippen LogP contribution in [0.4, 0.5) is 5.82 Å². The molecule has 3 N–H and O–H groups in total. The van der Waals surface area contributed by atoms with Crippen molar-refractivity contribution >= 4 is 27.6 Å². The van der Waals surface area contributed by atoms with Crippen LogP contribution in [0.15, 0.2) is 24.3 Å². The number of aromatic nitrogens is 2. The van der Waals surface area contributed by atoms with Gasteiger partial charge in [-0.2, -0.15) is 0 Å². The highest BCUT2D eigenvalue weighted by Crippen LogP contribution is 2.30. The molecule has 2 heterocycles. The minimum absolute atomic E-state index is 0.578. The van der Waals surface area contributed by atoms with Gasteiger partial charge in [0.1, 0.15) is 5.82 Å². The number of nitrogens with two attached hydrogens (primary N) is 1. The Morgan fingerprint density at radius 1 is 1.25 bits per heavy atom. The Hall–Kier alpha value is -2.03. The maximum atomic E-state index is 5.80. The van der Waals surface area contributed by atoms with Crippen molar-refractivity contribution in [1.82, 2.24) is 9.97 Å². The molecule has 0 bridgehead atoms. The fourth-order valence-electron chi connectivity index (χ4n) is 2.32. The predicted octanol–water partition coefficient (Wildman–Crippen LogP) is 2.92. The van der Waals surface area contributed by atoms with Crippen LogP contribution >= 0.6 is 0 Å². The van der Waals surface area contributed by atoms with E-state index in [9.17, 15) is 0 Å². The molecule has 16 heavy (non-hydrogen) atoms. The van der Waals surface area contributed by atoms with E-state index in [2.05, 4.69) is 35.1 Å². The van der Waals surface area contributed by atoms with Crippen LogP contribution < -0.4 is 5.73 Å². The summed E-state index contributed by atoms with van der Waals surface area (Å²) in [5, 5.41) is 2.41. The monoisotopic (exact) mass is 211 g/mol. The van der Waals surface area contributed by atoms with Crippen LogP contribution in [0.25, 0.3) is 21.8 Å². The Labute approximate surface area is 93.3 Å². The predicted molar refractivity (Wildman–Crippen MR) is 67.5 cm³/mol. The molecule has 0 atom stereocenters. The van der Waals surface area contributed by atoms with Gasteiger partial charge in [0.05, 0.1) is 11.2 Å². The van der Waals surface area contributed by atoms with Crippen molar-refractivity contribution in [1.29, 1.82) is 0 Å². The number of H-pyrrole nitrogens is 1. The summed E-state index contributed by atoms with van der Waals surface area (Å²) in [6.45, 7) is 4.09. The first-order chi connectivity index (χ1) is 7.66. The lowest BCUT2D eigenvalue weighted by molar-refractivity contribution is 1.23. The zero-order valence-electron chi connectivity index (χ0n) is 9.33. The third-order valence-corrected chi connectivity index (χ3v) is 3.02. The first-order valence-corrected chi connectivity index (χ1v) is 5.31. The van der Waals surface area contributed by atoms with Gasteiger partial charge in [0.25, 0.3) is 0 Å². The van der Waals surface area contributed by atoms with E-state index < -0.39 is 0 Å². The van der Waals surface area contributed by atoms with Crippen LogP contribution in [0.2, 0.25) is 0 Å². The molecule has 0 saturated carbocycles. The molecule has 0 unspecified atom stereocenters. The normalized spacial score (nSPS) is 11.4. The summed E-state index contributed by atoms with van der Waals surface area (Å²) in [6, 6.07) is 8.19. The van der Waals surface area contributed by atoms with E-state index in [1.165, 1.54) is 10.9 Å². The molecule has 3 nitrogen and oxygen atoms in total. The van der Waals surface area contributed by atoms with Gasteiger partial charge in [-0.1, -0.05) is 12.1 Å². The van der Waals surface area contributed by atoms with Gasteiger partial charge in [-0.15, -0.1) is 0 Å². The number of anilines is 1. The molecule has 0 spiro atoms. The smallest absolute Gasteiger partial charge is 0.124 e. The number of rotatable bonds is 0. The Balaban J connectivity index is 2.63. The summed E-state index contributed by atoms with van der Waals surface area (Å²) in [5.74, 6) is 0.578. The van der Waals surface area contributed by atoms with E-state index in [4.69, 9.17) is 5.73 Å². The molecule has 3 rings (SSSR count). The molecule has 0 aliphatic heterocycles. The fourth-order valence-corrected chi connectivity index (χ4v) is 2.32. The molecule has 3 aromatic rings. The van der Waals surface area contributed by atoms with Crippen molar-refractivity contribution < 1.29 is 0 Å². The van der Waals surface area contributed by atoms with E-state index in [1.54, 1.807) is 0 Å². The molecule has 2 aromatic heterocycles. The van der Waals surface area contributed by atoms with Gasteiger partial charge in [0.15, 0.2) is 0 Å². The van der Waals surface area contributed by atoms with Crippen molar-refractivity contribution in [2.24, 2.45) is 0 Å². The third kappa shape index (κ3) is 1.11. The van der Waals surface area contributed by atoms with E-state index in [-0.39, 0.29) is 0 Å². The van der Waals surface area contributed by atoms with Crippen LogP contribution in [0.5, 0.6) is 0 Å². The number of nitrogens with zero attached hydrogens (tertiary/aromatic N) is 1. The third-order valence-electron chi connectivity index (χ3n) is 3.02. The standard InChI is InChI=1S/C13H13N3/c1-7-4-3-5-10-12(7)9-6-11(14)15-8(2)13(9)16-10/h3-6,16H,1-2H3,(H2,14,15). The first-order valence-electron chi connectivity index (χ1n) is 5.31. The molecule has 80 valence electrons.